The Hall–Kier alpha value is -0.563. The molecule has 0 aliphatic carbocycles. The maximum absolute atomic E-state index is 11.5. The molecule has 0 saturated carbocycles. The van der Waals surface area contributed by atoms with Gasteiger partial charge in [0.1, 0.15) is 9.79 Å². The molecule has 0 aromatic heterocycles. The van der Waals surface area contributed by atoms with Gasteiger partial charge in [0.05, 0.1) is 0 Å². The molecule has 0 aliphatic heterocycles. The molecule has 6 nitrogen and oxygen atoms in total. The first kappa shape index (κ1) is 20.5. The first-order chi connectivity index (χ1) is 10.00. The minimum absolute atomic E-state index is 0. The van der Waals surface area contributed by atoms with Gasteiger partial charge in [0.25, 0.3) is 20.2 Å². The van der Waals surface area contributed by atoms with Gasteiger partial charge in [0, 0.05) is 40.0 Å². The first-order valence-corrected chi connectivity index (χ1v) is 9.18. The molecular weight excluding hydrogens is 382 g/mol. The molecule has 0 saturated heterocycles. The fourth-order valence-electron chi connectivity index (χ4n) is 1.86. The van der Waals surface area contributed by atoms with Crippen molar-refractivity contribution in [2.24, 2.45) is 0 Å². The minimum Gasteiger partial charge on any atom is -0.282 e. The van der Waals surface area contributed by atoms with Gasteiger partial charge in [0.15, 0.2) is 0 Å². The molecule has 0 spiro atoms. The number of halogens is 2. The van der Waals surface area contributed by atoms with E-state index >= 15 is 0 Å². The van der Waals surface area contributed by atoms with Gasteiger partial charge in [-0.05, 0) is 24.3 Å². The van der Waals surface area contributed by atoms with E-state index in [-0.39, 0.29) is 40.0 Å². The molecule has 0 amide bonds. The van der Waals surface area contributed by atoms with Crippen LogP contribution < -0.4 is 0 Å². The van der Waals surface area contributed by atoms with Gasteiger partial charge in [0.2, 0.25) is 0 Å². The standard InChI is InChI=1S/C12H8Cl2O6S2.Li/c13-7-1-3-9(11(5-7)21(15,16)17)10-4-2-8(14)6-12(10)22(18,19)20;/h1-6H,(H,15,16,17)(H,18,19,20);. The summed E-state index contributed by atoms with van der Waals surface area (Å²) in [4.78, 5) is -1.18. The molecule has 0 bridgehead atoms. The molecule has 11 heteroatoms. The number of hydrogen-bond acceptors (Lipinski definition) is 4. The Bertz CT molecular complexity index is 878. The Labute approximate surface area is 155 Å². The Morgan fingerprint density at radius 1 is 0.696 bits per heavy atom. The van der Waals surface area contributed by atoms with Crippen molar-refractivity contribution in [3.8, 4) is 11.1 Å². The van der Waals surface area contributed by atoms with Gasteiger partial charge in [-0.25, -0.2) is 0 Å². The van der Waals surface area contributed by atoms with Gasteiger partial charge in [-0.15, -0.1) is 0 Å². The van der Waals surface area contributed by atoms with Gasteiger partial charge < -0.3 is 0 Å². The van der Waals surface area contributed by atoms with E-state index in [1.54, 1.807) is 0 Å². The Balaban J connectivity index is 0.00000264. The van der Waals surface area contributed by atoms with Crippen LogP contribution in [-0.4, -0.2) is 44.8 Å². The monoisotopic (exact) mass is 389 g/mol. The molecule has 0 heterocycles. The average Bonchev–Trinajstić information content (AvgIpc) is 2.37. The van der Waals surface area contributed by atoms with Crippen LogP contribution in [0.1, 0.15) is 0 Å². The van der Waals surface area contributed by atoms with Crippen LogP contribution in [0.3, 0.4) is 0 Å². The van der Waals surface area contributed by atoms with E-state index in [4.69, 9.17) is 23.2 Å². The van der Waals surface area contributed by atoms with Crippen LogP contribution in [0.4, 0.5) is 0 Å². The smallest absolute Gasteiger partial charge is 0.282 e. The first-order valence-electron chi connectivity index (χ1n) is 5.54. The minimum atomic E-state index is -4.67. The van der Waals surface area contributed by atoms with Crippen molar-refractivity contribution in [3.05, 3.63) is 46.4 Å². The molecule has 0 fully saturated rings. The van der Waals surface area contributed by atoms with Crippen molar-refractivity contribution >= 4 is 62.3 Å². The number of rotatable bonds is 3. The van der Waals surface area contributed by atoms with Crippen LogP contribution in [0.5, 0.6) is 0 Å². The van der Waals surface area contributed by atoms with Gasteiger partial charge in [-0.3, -0.25) is 9.11 Å². The molecule has 0 unspecified atom stereocenters. The van der Waals surface area contributed by atoms with E-state index in [1.807, 2.05) is 0 Å². The summed E-state index contributed by atoms with van der Waals surface area (Å²) in [5.41, 5.74) is -0.285. The summed E-state index contributed by atoms with van der Waals surface area (Å²) in [7, 11) is -9.34. The zero-order valence-electron chi connectivity index (χ0n) is 11.6. The van der Waals surface area contributed by atoms with E-state index in [2.05, 4.69) is 0 Å². The maximum Gasteiger partial charge on any atom is 0.295 e. The van der Waals surface area contributed by atoms with Crippen molar-refractivity contribution in [3.63, 3.8) is 0 Å². The predicted molar refractivity (Wildman–Crippen MR) is 87.3 cm³/mol. The summed E-state index contributed by atoms with van der Waals surface area (Å²) in [6.45, 7) is 0. The van der Waals surface area contributed by atoms with E-state index < -0.39 is 30.0 Å². The van der Waals surface area contributed by atoms with Crippen LogP contribution in [0.2, 0.25) is 10.0 Å². The summed E-state index contributed by atoms with van der Waals surface area (Å²) >= 11 is 11.4. The third kappa shape index (κ3) is 4.72. The fourth-order valence-corrected chi connectivity index (χ4v) is 3.80. The predicted octanol–water partition coefficient (Wildman–Crippen LogP) is 2.77. The summed E-state index contributed by atoms with van der Waals surface area (Å²) in [6, 6.07) is 6.98. The second-order valence-corrected chi connectivity index (χ2v) is 7.88. The molecule has 0 aliphatic rings. The topological polar surface area (TPSA) is 109 Å². The summed E-state index contributed by atoms with van der Waals surface area (Å²) < 4.78 is 64.4. The molecule has 119 valence electrons. The quantitative estimate of drug-likeness (QED) is 0.616. The third-order valence-electron chi connectivity index (χ3n) is 2.73. The van der Waals surface area contributed by atoms with Gasteiger partial charge in [-0.2, -0.15) is 16.8 Å². The molecule has 1 radical (unpaired) electrons. The van der Waals surface area contributed by atoms with Crippen molar-refractivity contribution in [2.45, 2.75) is 9.79 Å². The third-order valence-corrected chi connectivity index (χ3v) is 4.99. The molecule has 2 aromatic carbocycles. The van der Waals surface area contributed by atoms with Gasteiger partial charge in [-0.1, -0.05) is 35.3 Å². The van der Waals surface area contributed by atoms with Crippen LogP contribution >= 0.6 is 23.2 Å². The maximum atomic E-state index is 11.5. The van der Waals surface area contributed by atoms with E-state index in [1.165, 1.54) is 24.3 Å². The molecule has 23 heavy (non-hydrogen) atoms. The number of benzene rings is 2. The largest absolute Gasteiger partial charge is 0.295 e. The van der Waals surface area contributed by atoms with E-state index in [0.29, 0.717) is 0 Å². The van der Waals surface area contributed by atoms with Crippen molar-refractivity contribution in [1.82, 2.24) is 0 Å². The van der Waals surface area contributed by atoms with E-state index in [9.17, 15) is 25.9 Å². The average molecular weight is 390 g/mol. The Kier molecular flexibility index (Phi) is 6.35. The van der Waals surface area contributed by atoms with Crippen molar-refractivity contribution in [2.75, 3.05) is 0 Å². The zero-order chi connectivity index (χ0) is 16.7. The Morgan fingerprint density at radius 2 is 1.00 bits per heavy atom. The van der Waals surface area contributed by atoms with Crippen molar-refractivity contribution < 1.29 is 25.9 Å². The van der Waals surface area contributed by atoms with Crippen LogP contribution in [0.15, 0.2) is 46.2 Å². The second-order valence-electron chi connectivity index (χ2n) is 4.23. The van der Waals surface area contributed by atoms with E-state index in [0.717, 1.165) is 12.1 Å². The second kappa shape index (κ2) is 7.13. The zero-order valence-corrected chi connectivity index (χ0v) is 14.7. The van der Waals surface area contributed by atoms with Crippen LogP contribution in [0.25, 0.3) is 11.1 Å². The van der Waals surface area contributed by atoms with Gasteiger partial charge >= 0.3 is 0 Å². The summed E-state index contributed by atoms with van der Waals surface area (Å²) in [5, 5.41) is 0.0532. The van der Waals surface area contributed by atoms with Crippen molar-refractivity contribution in [1.29, 1.82) is 0 Å². The molecule has 0 atom stereocenters. The Morgan fingerprint density at radius 3 is 1.26 bits per heavy atom. The molecule has 2 rings (SSSR count). The van der Waals surface area contributed by atoms with Crippen LogP contribution in [-0.2, 0) is 20.2 Å². The molecule has 2 N–H and O–H groups in total. The normalized spacial score (nSPS) is 11.8. The SMILES string of the molecule is O=S(=O)(O)c1cc(Cl)ccc1-c1ccc(Cl)cc1S(=O)(=O)O.[Li]. The number of hydrogen-bond donors (Lipinski definition) is 2. The fraction of sp³-hybridized carbons (Fsp3) is 0. The summed E-state index contributed by atoms with van der Waals surface area (Å²) in [5.74, 6) is 0. The molecule has 2 aromatic rings. The summed E-state index contributed by atoms with van der Waals surface area (Å²) in [6.07, 6.45) is 0. The van der Waals surface area contributed by atoms with Crippen LogP contribution in [0, 0.1) is 0 Å². The molecular formula is C12H8Cl2LiO6S2.